The molecule has 0 fully saturated rings. The Morgan fingerprint density at radius 1 is 1.47 bits per heavy atom. The number of rotatable bonds is 3. The fourth-order valence-electron chi connectivity index (χ4n) is 1.52. The van der Waals surface area contributed by atoms with E-state index in [1.165, 1.54) is 16.7 Å². The summed E-state index contributed by atoms with van der Waals surface area (Å²) in [5.74, 6) is 5.56. The fraction of sp³-hybridized carbons (Fsp3) is 0.333. The number of hydrogen-bond donors (Lipinski definition) is 2. The number of benzene rings is 1. The largest absolute Gasteiger partial charge is 0.271 e. The van der Waals surface area contributed by atoms with Crippen LogP contribution in [0.2, 0.25) is 0 Å². The summed E-state index contributed by atoms with van der Waals surface area (Å²) in [6.07, 6.45) is 2.12. The summed E-state index contributed by atoms with van der Waals surface area (Å²) >= 11 is 3.52. The van der Waals surface area contributed by atoms with Gasteiger partial charge in [0.2, 0.25) is 0 Å². The zero-order valence-corrected chi connectivity index (χ0v) is 10.9. The summed E-state index contributed by atoms with van der Waals surface area (Å²) < 4.78 is 1.11. The molecule has 2 nitrogen and oxygen atoms in total. The highest BCUT2D eigenvalue weighted by Crippen LogP contribution is 2.25. The third kappa shape index (κ3) is 3.16. The van der Waals surface area contributed by atoms with Crippen molar-refractivity contribution in [2.45, 2.75) is 26.8 Å². The molecule has 0 spiro atoms. The highest BCUT2D eigenvalue weighted by atomic mass is 79.9. The Balaban J connectivity index is 3.13. The molecule has 0 bridgehead atoms. The van der Waals surface area contributed by atoms with Crippen LogP contribution in [-0.4, -0.2) is 0 Å². The van der Waals surface area contributed by atoms with Crippen LogP contribution in [0.5, 0.6) is 0 Å². The SMILES string of the molecule is CC(C)=CC(NN)c1cccc(Br)c1C. The number of hydrogen-bond acceptors (Lipinski definition) is 2. The second kappa shape index (κ2) is 5.45. The normalized spacial score (nSPS) is 12.3. The summed E-state index contributed by atoms with van der Waals surface area (Å²) in [5, 5.41) is 0. The van der Waals surface area contributed by atoms with Crippen LogP contribution in [-0.2, 0) is 0 Å². The summed E-state index contributed by atoms with van der Waals surface area (Å²) in [5.41, 5.74) is 6.49. The van der Waals surface area contributed by atoms with Crippen molar-refractivity contribution >= 4 is 15.9 Å². The molecule has 0 saturated carbocycles. The molecule has 0 aromatic heterocycles. The molecule has 1 rings (SSSR count). The summed E-state index contributed by atoms with van der Waals surface area (Å²) in [6.45, 7) is 6.22. The van der Waals surface area contributed by atoms with E-state index in [1.807, 2.05) is 12.1 Å². The van der Waals surface area contributed by atoms with Crippen molar-refractivity contribution in [2.75, 3.05) is 0 Å². The van der Waals surface area contributed by atoms with Gasteiger partial charge in [0, 0.05) is 4.47 Å². The number of nitrogens with one attached hydrogen (secondary N) is 1. The number of halogens is 1. The quantitative estimate of drug-likeness (QED) is 0.502. The highest BCUT2D eigenvalue weighted by Gasteiger charge is 2.10. The topological polar surface area (TPSA) is 38.0 Å². The molecule has 0 heterocycles. The van der Waals surface area contributed by atoms with Gasteiger partial charge in [0.1, 0.15) is 0 Å². The molecule has 1 aromatic carbocycles. The van der Waals surface area contributed by atoms with Crippen molar-refractivity contribution in [3.05, 3.63) is 45.4 Å². The van der Waals surface area contributed by atoms with Crippen molar-refractivity contribution in [2.24, 2.45) is 5.84 Å². The monoisotopic (exact) mass is 268 g/mol. The minimum absolute atomic E-state index is 0.0764. The Bertz CT molecular complexity index is 368. The molecule has 0 saturated heterocycles. The van der Waals surface area contributed by atoms with E-state index in [2.05, 4.69) is 54.3 Å². The number of allylic oxidation sites excluding steroid dienone is 1. The lowest BCUT2D eigenvalue weighted by Gasteiger charge is -2.16. The maximum Gasteiger partial charge on any atom is 0.0646 e. The van der Waals surface area contributed by atoms with Crippen LogP contribution in [0.3, 0.4) is 0 Å². The lowest BCUT2D eigenvalue weighted by Crippen LogP contribution is -2.27. The van der Waals surface area contributed by atoms with Crippen LogP contribution in [0.25, 0.3) is 0 Å². The first-order valence-corrected chi connectivity index (χ1v) is 5.71. The van der Waals surface area contributed by atoms with E-state index in [0.717, 1.165) is 4.47 Å². The van der Waals surface area contributed by atoms with E-state index >= 15 is 0 Å². The molecular formula is C12H17BrN2. The first-order chi connectivity index (χ1) is 7.06. The van der Waals surface area contributed by atoms with E-state index in [9.17, 15) is 0 Å². The average molecular weight is 269 g/mol. The predicted octanol–water partition coefficient (Wildman–Crippen LogP) is 3.23. The molecule has 82 valence electrons. The maximum atomic E-state index is 5.56. The van der Waals surface area contributed by atoms with E-state index < -0.39 is 0 Å². The van der Waals surface area contributed by atoms with E-state index in [4.69, 9.17) is 5.84 Å². The minimum atomic E-state index is 0.0764. The second-order valence-corrected chi connectivity index (χ2v) is 4.70. The molecule has 0 amide bonds. The van der Waals surface area contributed by atoms with Gasteiger partial charge in [-0.05, 0) is 38.0 Å². The standard InChI is InChI=1S/C12H17BrN2/c1-8(2)7-12(15-14)10-5-4-6-11(13)9(10)3/h4-7,12,15H,14H2,1-3H3. The molecule has 0 aliphatic rings. The lowest BCUT2D eigenvalue weighted by atomic mass is 10.0. The van der Waals surface area contributed by atoms with Gasteiger partial charge in [-0.1, -0.05) is 39.7 Å². The molecule has 3 N–H and O–H groups in total. The minimum Gasteiger partial charge on any atom is -0.271 e. The molecule has 0 radical (unpaired) electrons. The lowest BCUT2D eigenvalue weighted by molar-refractivity contribution is 0.648. The van der Waals surface area contributed by atoms with Crippen molar-refractivity contribution in [1.82, 2.24) is 5.43 Å². The van der Waals surface area contributed by atoms with Gasteiger partial charge in [0.05, 0.1) is 6.04 Å². The third-order valence-electron chi connectivity index (χ3n) is 2.32. The summed E-state index contributed by atoms with van der Waals surface area (Å²) in [6, 6.07) is 6.22. The van der Waals surface area contributed by atoms with Gasteiger partial charge < -0.3 is 0 Å². The second-order valence-electron chi connectivity index (χ2n) is 3.84. The zero-order valence-electron chi connectivity index (χ0n) is 9.34. The first kappa shape index (κ1) is 12.4. The Morgan fingerprint density at radius 3 is 2.67 bits per heavy atom. The van der Waals surface area contributed by atoms with Crippen LogP contribution in [0.4, 0.5) is 0 Å². The van der Waals surface area contributed by atoms with Gasteiger partial charge in [0.15, 0.2) is 0 Å². The Morgan fingerprint density at radius 2 is 2.13 bits per heavy atom. The Hall–Kier alpha value is -0.640. The fourth-order valence-corrected chi connectivity index (χ4v) is 1.90. The maximum absolute atomic E-state index is 5.56. The van der Waals surface area contributed by atoms with E-state index in [-0.39, 0.29) is 6.04 Å². The summed E-state index contributed by atoms with van der Waals surface area (Å²) in [7, 11) is 0. The first-order valence-electron chi connectivity index (χ1n) is 4.92. The van der Waals surface area contributed by atoms with Gasteiger partial charge in [-0.15, -0.1) is 0 Å². The molecule has 3 heteroatoms. The molecular weight excluding hydrogens is 252 g/mol. The number of nitrogens with two attached hydrogens (primary N) is 1. The number of hydrazine groups is 1. The zero-order chi connectivity index (χ0) is 11.4. The van der Waals surface area contributed by atoms with Crippen LogP contribution < -0.4 is 11.3 Å². The smallest absolute Gasteiger partial charge is 0.0646 e. The van der Waals surface area contributed by atoms with Gasteiger partial charge in [0.25, 0.3) is 0 Å². The Labute approximate surface area is 99.7 Å². The molecule has 0 aliphatic carbocycles. The summed E-state index contributed by atoms with van der Waals surface area (Å²) in [4.78, 5) is 0. The van der Waals surface area contributed by atoms with Crippen LogP contribution >= 0.6 is 15.9 Å². The Kier molecular flexibility index (Phi) is 4.51. The predicted molar refractivity (Wildman–Crippen MR) is 68.4 cm³/mol. The van der Waals surface area contributed by atoms with Crippen molar-refractivity contribution in [1.29, 1.82) is 0 Å². The van der Waals surface area contributed by atoms with Gasteiger partial charge in [-0.3, -0.25) is 5.84 Å². The van der Waals surface area contributed by atoms with Crippen LogP contribution in [0, 0.1) is 6.92 Å². The molecule has 1 atom stereocenters. The highest BCUT2D eigenvalue weighted by molar-refractivity contribution is 9.10. The van der Waals surface area contributed by atoms with Crippen molar-refractivity contribution in [3.63, 3.8) is 0 Å². The van der Waals surface area contributed by atoms with Crippen molar-refractivity contribution < 1.29 is 0 Å². The molecule has 0 aliphatic heterocycles. The van der Waals surface area contributed by atoms with Gasteiger partial charge >= 0.3 is 0 Å². The van der Waals surface area contributed by atoms with E-state index in [1.54, 1.807) is 0 Å². The van der Waals surface area contributed by atoms with Gasteiger partial charge in [-0.25, -0.2) is 5.43 Å². The molecule has 1 aromatic rings. The van der Waals surface area contributed by atoms with Crippen LogP contribution in [0.15, 0.2) is 34.3 Å². The van der Waals surface area contributed by atoms with Crippen molar-refractivity contribution in [3.8, 4) is 0 Å². The van der Waals surface area contributed by atoms with E-state index in [0.29, 0.717) is 0 Å². The average Bonchev–Trinajstić information content (AvgIpc) is 2.19. The third-order valence-corrected chi connectivity index (χ3v) is 3.18. The molecule has 1 unspecified atom stereocenters. The molecule has 15 heavy (non-hydrogen) atoms. The van der Waals surface area contributed by atoms with Crippen LogP contribution in [0.1, 0.15) is 31.0 Å². The van der Waals surface area contributed by atoms with Gasteiger partial charge in [-0.2, -0.15) is 0 Å².